The Morgan fingerprint density at radius 1 is 1.10 bits per heavy atom. The molecule has 0 spiro atoms. The number of hydrogen-bond donors (Lipinski definition) is 1. The number of ether oxygens (including phenoxy) is 1. The third kappa shape index (κ3) is 3.25. The van der Waals surface area contributed by atoms with Crippen molar-refractivity contribution < 1.29 is 14.6 Å². The van der Waals surface area contributed by atoms with Crippen LogP contribution in [0.4, 0.5) is 0 Å². The van der Waals surface area contributed by atoms with Crippen LogP contribution in [-0.4, -0.2) is 17.7 Å². The van der Waals surface area contributed by atoms with E-state index in [1.165, 1.54) is 0 Å². The molecule has 0 saturated heterocycles. The van der Waals surface area contributed by atoms with Gasteiger partial charge in [0.2, 0.25) is 0 Å². The maximum Gasteiger partial charge on any atom is 0.337 e. The summed E-state index contributed by atoms with van der Waals surface area (Å²) in [7, 11) is 0. The van der Waals surface area contributed by atoms with Crippen LogP contribution in [0.2, 0.25) is 0 Å². The smallest absolute Gasteiger partial charge is 0.337 e. The SMILES string of the molecule is CCCOC(C(=O)O)c1ccccc1-c1ccccc1. The van der Waals surface area contributed by atoms with E-state index in [1.54, 1.807) is 0 Å². The summed E-state index contributed by atoms with van der Waals surface area (Å²) in [5, 5.41) is 9.40. The van der Waals surface area contributed by atoms with Gasteiger partial charge in [0.25, 0.3) is 0 Å². The van der Waals surface area contributed by atoms with Crippen LogP contribution in [0, 0.1) is 0 Å². The summed E-state index contributed by atoms with van der Waals surface area (Å²) in [6, 6.07) is 17.2. The lowest BCUT2D eigenvalue weighted by Crippen LogP contribution is -2.16. The Hall–Kier alpha value is -2.13. The summed E-state index contributed by atoms with van der Waals surface area (Å²) in [5.74, 6) is -0.957. The van der Waals surface area contributed by atoms with E-state index in [0.29, 0.717) is 12.2 Å². The lowest BCUT2D eigenvalue weighted by molar-refractivity contribution is -0.150. The Kier molecular flexibility index (Phi) is 4.91. The van der Waals surface area contributed by atoms with E-state index in [-0.39, 0.29) is 0 Å². The van der Waals surface area contributed by atoms with E-state index in [0.717, 1.165) is 17.5 Å². The van der Waals surface area contributed by atoms with Crippen molar-refractivity contribution in [2.45, 2.75) is 19.4 Å². The summed E-state index contributed by atoms with van der Waals surface area (Å²) in [6.45, 7) is 2.39. The van der Waals surface area contributed by atoms with Gasteiger partial charge < -0.3 is 9.84 Å². The van der Waals surface area contributed by atoms with Gasteiger partial charge in [-0.3, -0.25) is 0 Å². The molecule has 0 bridgehead atoms. The second kappa shape index (κ2) is 6.87. The second-order valence-electron chi connectivity index (χ2n) is 4.54. The number of carboxylic acids is 1. The van der Waals surface area contributed by atoms with Gasteiger partial charge in [-0.05, 0) is 23.1 Å². The zero-order valence-corrected chi connectivity index (χ0v) is 11.5. The van der Waals surface area contributed by atoms with Crippen LogP contribution in [0.25, 0.3) is 11.1 Å². The van der Waals surface area contributed by atoms with Gasteiger partial charge in [0.05, 0.1) is 0 Å². The van der Waals surface area contributed by atoms with E-state index in [4.69, 9.17) is 4.74 Å². The maximum absolute atomic E-state index is 11.5. The number of carboxylic acid groups (broad SMARTS) is 1. The van der Waals surface area contributed by atoms with E-state index in [1.807, 2.05) is 61.5 Å². The van der Waals surface area contributed by atoms with Crippen molar-refractivity contribution in [3.63, 3.8) is 0 Å². The zero-order valence-electron chi connectivity index (χ0n) is 11.5. The molecular weight excluding hydrogens is 252 g/mol. The van der Waals surface area contributed by atoms with E-state index < -0.39 is 12.1 Å². The molecule has 3 nitrogen and oxygen atoms in total. The van der Waals surface area contributed by atoms with Crippen molar-refractivity contribution in [3.8, 4) is 11.1 Å². The van der Waals surface area contributed by atoms with Crippen LogP contribution >= 0.6 is 0 Å². The van der Waals surface area contributed by atoms with Gasteiger partial charge in [-0.15, -0.1) is 0 Å². The highest BCUT2D eigenvalue weighted by molar-refractivity contribution is 5.79. The molecule has 0 heterocycles. The van der Waals surface area contributed by atoms with Gasteiger partial charge >= 0.3 is 5.97 Å². The quantitative estimate of drug-likeness (QED) is 0.865. The van der Waals surface area contributed by atoms with Crippen LogP contribution in [0.5, 0.6) is 0 Å². The molecule has 104 valence electrons. The molecule has 0 aliphatic heterocycles. The molecule has 0 saturated carbocycles. The number of aliphatic carboxylic acids is 1. The summed E-state index contributed by atoms with van der Waals surface area (Å²) in [5.41, 5.74) is 2.59. The topological polar surface area (TPSA) is 46.5 Å². The molecule has 0 radical (unpaired) electrons. The second-order valence-corrected chi connectivity index (χ2v) is 4.54. The van der Waals surface area contributed by atoms with Gasteiger partial charge in [-0.25, -0.2) is 4.79 Å². The van der Waals surface area contributed by atoms with Crippen molar-refractivity contribution in [2.24, 2.45) is 0 Å². The van der Waals surface area contributed by atoms with Gasteiger partial charge in [0.15, 0.2) is 6.10 Å². The van der Waals surface area contributed by atoms with Crippen LogP contribution in [0.3, 0.4) is 0 Å². The summed E-state index contributed by atoms with van der Waals surface area (Å²) >= 11 is 0. The Bertz CT molecular complexity index is 563. The van der Waals surface area contributed by atoms with Gasteiger partial charge in [-0.1, -0.05) is 61.5 Å². The molecule has 20 heavy (non-hydrogen) atoms. The molecule has 2 aromatic rings. The lowest BCUT2D eigenvalue weighted by Gasteiger charge is -2.17. The molecule has 2 aromatic carbocycles. The van der Waals surface area contributed by atoms with Crippen LogP contribution in [0.1, 0.15) is 25.0 Å². The molecule has 3 heteroatoms. The fourth-order valence-corrected chi connectivity index (χ4v) is 2.14. The zero-order chi connectivity index (χ0) is 14.4. The molecule has 2 rings (SSSR count). The molecule has 1 unspecified atom stereocenters. The number of carbonyl (C=O) groups is 1. The normalized spacial score (nSPS) is 12.1. The van der Waals surface area contributed by atoms with Crippen molar-refractivity contribution in [1.82, 2.24) is 0 Å². The van der Waals surface area contributed by atoms with Gasteiger partial charge in [0.1, 0.15) is 0 Å². The standard InChI is InChI=1S/C17H18O3/c1-2-12-20-16(17(18)19)15-11-7-6-10-14(15)13-8-4-3-5-9-13/h3-11,16H,2,12H2,1H3,(H,18,19). The molecule has 1 atom stereocenters. The van der Waals surface area contributed by atoms with Crippen molar-refractivity contribution >= 4 is 5.97 Å². The average molecular weight is 270 g/mol. The predicted octanol–water partition coefficient (Wildman–Crippen LogP) is 3.91. The fourth-order valence-electron chi connectivity index (χ4n) is 2.14. The van der Waals surface area contributed by atoms with Crippen molar-refractivity contribution in [1.29, 1.82) is 0 Å². The first kappa shape index (κ1) is 14.3. The third-order valence-corrected chi connectivity index (χ3v) is 3.04. The van der Waals surface area contributed by atoms with E-state index in [2.05, 4.69) is 0 Å². The molecule has 0 aliphatic carbocycles. The number of hydrogen-bond acceptors (Lipinski definition) is 2. The molecule has 0 amide bonds. The van der Waals surface area contributed by atoms with Crippen molar-refractivity contribution in [2.75, 3.05) is 6.61 Å². The highest BCUT2D eigenvalue weighted by atomic mass is 16.5. The first-order chi connectivity index (χ1) is 9.74. The molecule has 0 fully saturated rings. The molecule has 0 aliphatic rings. The van der Waals surface area contributed by atoms with E-state index in [9.17, 15) is 9.90 Å². The molecule has 1 N–H and O–H groups in total. The van der Waals surface area contributed by atoms with Gasteiger partial charge in [-0.2, -0.15) is 0 Å². The maximum atomic E-state index is 11.5. The fraction of sp³-hybridized carbons (Fsp3) is 0.235. The third-order valence-electron chi connectivity index (χ3n) is 3.04. The summed E-state index contributed by atoms with van der Waals surface area (Å²) in [4.78, 5) is 11.5. The first-order valence-corrected chi connectivity index (χ1v) is 6.72. The Balaban J connectivity index is 2.42. The molecular formula is C17H18O3. The Labute approximate surface area is 118 Å². The minimum absolute atomic E-state index is 0.431. The number of benzene rings is 2. The highest BCUT2D eigenvalue weighted by Gasteiger charge is 2.23. The van der Waals surface area contributed by atoms with Crippen molar-refractivity contribution in [3.05, 3.63) is 60.2 Å². The number of rotatable bonds is 6. The van der Waals surface area contributed by atoms with E-state index >= 15 is 0 Å². The monoisotopic (exact) mass is 270 g/mol. The minimum Gasteiger partial charge on any atom is -0.479 e. The lowest BCUT2D eigenvalue weighted by atomic mass is 9.96. The summed E-state index contributed by atoms with van der Waals surface area (Å²) < 4.78 is 5.50. The van der Waals surface area contributed by atoms with Crippen LogP contribution in [-0.2, 0) is 9.53 Å². The van der Waals surface area contributed by atoms with Crippen LogP contribution < -0.4 is 0 Å². The van der Waals surface area contributed by atoms with Crippen LogP contribution in [0.15, 0.2) is 54.6 Å². The Morgan fingerprint density at radius 2 is 1.75 bits per heavy atom. The van der Waals surface area contributed by atoms with Gasteiger partial charge in [0, 0.05) is 6.61 Å². The summed E-state index contributed by atoms with van der Waals surface area (Å²) in [6.07, 6.45) is -0.136. The average Bonchev–Trinajstić information content (AvgIpc) is 2.49. The highest BCUT2D eigenvalue weighted by Crippen LogP contribution is 2.30. The first-order valence-electron chi connectivity index (χ1n) is 6.72. The Morgan fingerprint density at radius 3 is 2.40 bits per heavy atom. The largest absolute Gasteiger partial charge is 0.479 e. The molecule has 0 aromatic heterocycles. The predicted molar refractivity (Wildman–Crippen MR) is 78.5 cm³/mol. The minimum atomic E-state index is -0.957.